The highest BCUT2D eigenvalue weighted by molar-refractivity contribution is 5.93. The Morgan fingerprint density at radius 3 is 2.77 bits per heavy atom. The van der Waals surface area contributed by atoms with Crippen molar-refractivity contribution in [1.29, 1.82) is 0 Å². The minimum Gasteiger partial charge on any atom is -0.379 e. The van der Waals surface area contributed by atoms with Crippen molar-refractivity contribution >= 4 is 5.91 Å². The molecule has 5 nitrogen and oxygen atoms in total. The van der Waals surface area contributed by atoms with E-state index in [1.807, 2.05) is 12.1 Å². The molecule has 1 aromatic rings. The molecule has 0 fully saturated rings. The van der Waals surface area contributed by atoms with Crippen LogP contribution in [0.5, 0.6) is 0 Å². The third-order valence-corrected chi connectivity index (χ3v) is 4.71. The standard InChI is InChI=1S/C17H27N3O2/c1-17(2)13-9-12(16(19)21)6-5-11(13)10-14(22-3)15(17)20-8-4-7-18/h5-6,9,14-15,20H,4,7-8,10,18H2,1-3H3,(H2,19,21). The first-order chi connectivity index (χ1) is 10.4. The topological polar surface area (TPSA) is 90.4 Å². The molecule has 0 aromatic heterocycles. The highest BCUT2D eigenvalue weighted by Gasteiger charge is 2.42. The average molecular weight is 305 g/mol. The van der Waals surface area contributed by atoms with Gasteiger partial charge < -0.3 is 21.5 Å². The second-order valence-electron chi connectivity index (χ2n) is 6.51. The molecule has 22 heavy (non-hydrogen) atoms. The van der Waals surface area contributed by atoms with Crippen molar-refractivity contribution in [3.8, 4) is 0 Å². The first-order valence-electron chi connectivity index (χ1n) is 7.81. The number of amides is 1. The minimum absolute atomic E-state index is 0.0969. The van der Waals surface area contributed by atoms with E-state index in [-0.39, 0.29) is 23.5 Å². The summed E-state index contributed by atoms with van der Waals surface area (Å²) < 4.78 is 5.72. The van der Waals surface area contributed by atoms with Crippen LogP contribution in [0.2, 0.25) is 0 Å². The quantitative estimate of drug-likeness (QED) is 0.682. The lowest BCUT2D eigenvalue weighted by Gasteiger charge is -2.45. The summed E-state index contributed by atoms with van der Waals surface area (Å²) >= 11 is 0. The summed E-state index contributed by atoms with van der Waals surface area (Å²) in [5, 5.41) is 3.58. The summed E-state index contributed by atoms with van der Waals surface area (Å²) in [5.41, 5.74) is 13.8. The highest BCUT2D eigenvalue weighted by atomic mass is 16.5. The van der Waals surface area contributed by atoms with Gasteiger partial charge in [0.1, 0.15) is 0 Å². The van der Waals surface area contributed by atoms with Crippen molar-refractivity contribution in [2.45, 2.75) is 44.2 Å². The molecule has 2 unspecified atom stereocenters. The van der Waals surface area contributed by atoms with E-state index in [1.165, 1.54) is 11.1 Å². The fraction of sp³-hybridized carbons (Fsp3) is 0.588. The van der Waals surface area contributed by atoms with Crippen LogP contribution in [0.4, 0.5) is 0 Å². The largest absolute Gasteiger partial charge is 0.379 e. The predicted molar refractivity (Wildman–Crippen MR) is 87.9 cm³/mol. The molecule has 0 radical (unpaired) electrons. The molecule has 5 heteroatoms. The van der Waals surface area contributed by atoms with Crippen molar-refractivity contribution in [3.63, 3.8) is 0 Å². The van der Waals surface area contributed by atoms with Gasteiger partial charge in [0.05, 0.1) is 6.10 Å². The van der Waals surface area contributed by atoms with Crippen LogP contribution in [0.3, 0.4) is 0 Å². The van der Waals surface area contributed by atoms with Gasteiger partial charge in [0, 0.05) is 30.6 Å². The number of nitrogens with one attached hydrogen (secondary N) is 1. The van der Waals surface area contributed by atoms with Gasteiger partial charge in [-0.05, 0) is 42.8 Å². The van der Waals surface area contributed by atoms with Crippen LogP contribution in [0.1, 0.15) is 41.8 Å². The maximum atomic E-state index is 11.5. The number of carbonyl (C=O) groups is 1. The first-order valence-corrected chi connectivity index (χ1v) is 7.81. The fourth-order valence-electron chi connectivity index (χ4n) is 3.44. The summed E-state index contributed by atoms with van der Waals surface area (Å²) in [7, 11) is 1.75. The van der Waals surface area contributed by atoms with Gasteiger partial charge in [0.25, 0.3) is 0 Å². The molecule has 1 aliphatic carbocycles. The second-order valence-corrected chi connectivity index (χ2v) is 6.51. The molecule has 0 aliphatic heterocycles. The lowest BCUT2D eigenvalue weighted by Crippen LogP contribution is -2.57. The third kappa shape index (κ3) is 3.16. The van der Waals surface area contributed by atoms with Crippen LogP contribution >= 0.6 is 0 Å². The summed E-state index contributed by atoms with van der Waals surface area (Å²) in [5.74, 6) is -0.389. The number of nitrogens with two attached hydrogens (primary N) is 2. The van der Waals surface area contributed by atoms with E-state index in [4.69, 9.17) is 16.2 Å². The normalized spacial score (nSPS) is 23.1. The second kappa shape index (κ2) is 6.77. The van der Waals surface area contributed by atoms with E-state index in [0.29, 0.717) is 12.1 Å². The number of fused-ring (bicyclic) bond motifs is 1. The monoisotopic (exact) mass is 305 g/mol. The van der Waals surface area contributed by atoms with E-state index >= 15 is 0 Å². The Kier molecular flexibility index (Phi) is 5.21. The van der Waals surface area contributed by atoms with Crippen molar-refractivity contribution in [2.75, 3.05) is 20.2 Å². The number of rotatable bonds is 6. The van der Waals surface area contributed by atoms with Crippen LogP contribution in [0, 0.1) is 0 Å². The van der Waals surface area contributed by atoms with E-state index in [0.717, 1.165) is 19.4 Å². The van der Waals surface area contributed by atoms with Gasteiger partial charge in [-0.1, -0.05) is 19.9 Å². The van der Waals surface area contributed by atoms with Gasteiger partial charge in [-0.3, -0.25) is 4.79 Å². The van der Waals surface area contributed by atoms with Crippen LogP contribution in [0.15, 0.2) is 18.2 Å². The average Bonchev–Trinajstić information content (AvgIpc) is 2.48. The molecule has 1 amide bonds. The number of primary amides is 1. The third-order valence-electron chi connectivity index (χ3n) is 4.71. The SMILES string of the molecule is COC1Cc2ccc(C(N)=O)cc2C(C)(C)C1NCCCN. The number of carbonyl (C=O) groups excluding carboxylic acids is 1. The smallest absolute Gasteiger partial charge is 0.248 e. The molecule has 0 saturated heterocycles. The number of ether oxygens (including phenoxy) is 1. The van der Waals surface area contributed by atoms with E-state index < -0.39 is 0 Å². The Labute approximate surface area is 132 Å². The Balaban J connectivity index is 2.37. The van der Waals surface area contributed by atoms with Crippen molar-refractivity contribution < 1.29 is 9.53 Å². The summed E-state index contributed by atoms with van der Waals surface area (Å²) in [6.45, 7) is 5.89. The maximum Gasteiger partial charge on any atom is 0.248 e. The van der Waals surface area contributed by atoms with Crippen LogP contribution in [-0.2, 0) is 16.6 Å². The minimum atomic E-state index is -0.389. The molecule has 5 N–H and O–H groups in total. The molecule has 2 atom stereocenters. The molecule has 0 saturated carbocycles. The Bertz CT molecular complexity index is 543. The van der Waals surface area contributed by atoms with E-state index in [9.17, 15) is 4.79 Å². The molecule has 122 valence electrons. The Hall–Kier alpha value is -1.43. The lowest BCUT2D eigenvalue weighted by atomic mass is 9.67. The molecule has 0 spiro atoms. The molecular formula is C17H27N3O2. The summed E-state index contributed by atoms with van der Waals surface area (Å²) in [6, 6.07) is 5.90. The van der Waals surface area contributed by atoms with Gasteiger partial charge in [0.2, 0.25) is 5.91 Å². The zero-order valence-electron chi connectivity index (χ0n) is 13.7. The molecule has 0 bridgehead atoms. The molecule has 0 heterocycles. The van der Waals surface area contributed by atoms with Crippen LogP contribution < -0.4 is 16.8 Å². The fourth-order valence-corrected chi connectivity index (χ4v) is 3.44. The number of hydrogen-bond donors (Lipinski definition) is 3. The van der Waals surface area contributed by atoms with Crippen molar-refractivity contribution in [1.82, 2.24) is 5.32 Å². The van der Waals surface area contributed by atoms with Crippen LogP contribution in [-0.4, -0.2) is 38.3 Å². The van der Waals surface area contributed by atoms with Gasteiger partial charge in [0.15, 0.2) is 0 Å². The molecule has 1 aliphatic rings. The van der Waals surface area contributed by atoms with Crippen molar-refractivity contribution in [3.05, 3.63) is 34.9 Å². The van der Waals surface area contributed by atoms with Gasteiger partial charge in [-0.15, -0.1) is 0 Å². The Morgan fingerprint density at radius 2 is 2.18 bits per heavy atom. The van der Waals surface area contributed by atoms with E-state index in [1.54, 1.807) is 13.2 Å². The van der Waals surface area contributed by atoms with E-state index in [2.05, 4.69) is 19.2 Å². The number of methoxy groups -OCH3 is 1. The number of benzene rings is 1. The summed E-state index contributed by atoms with van der Waals surface area (Å²) in [6.07, 6.45) is 1.85. The lowest BCUT2D eigenvalue weighted by molar-refractivity contribution is 0.0357. The van der Waals surface area contributed by atoms with Gasteiger partial charge in [-0.25, -0.2) is 0 Å². The zero-order valence-corrected chi connectivity index (χ0v) is 13.7. The highest BCUT2D eigenvalue weighted by Crippen LogP contribution is 2.38. The van der Waals surface area contributed by atoms with Gasteiger partial charge in [-0.2, -0.15) is 0 Å². The predicted octanol–water partition coefficient (Wildman–Crippen LogP) is 0.941. The Morgan fingerprint density at radius 1 is 1.45 bits per heavy atom. The first kappa shape index (κ1) is 16.9. The molecule has 2 rings (SSSR count). The van der Waals surface area contributed by atoms with Gasteiger partial charge >= 0.3 is 0 Å². The van der Waals surface area contributed by atoms with Crippen LogP contribution in [0.25, 0.3) is 0 Å². The van der Waals surface area contributed by atoms with Crippen molar-refractivity contribution in [2.24, 2.45) is 11.5 Å². The number of hydrogen-bond acceptors (Lipinski definition) is 4. The zero-order chi connectivity index (χ0) is 16.3. The summed E-state index contributed by atoms with van der Waals surface area (Å²) in [4.78, 5) is 11.5. The molecule has 1 aromatic carbocycles. The molecular weight excluding hydrogens is 278 g/mol. The maximum absolute atomic E-state index is 11.5.